The molecule has 0 spiro atoms. The lowest BCUT2D eigenvalue weighted by Gasteiger charge is -2.44. The highest BCUT2D eigenvalue weighted by atomic mass is 19.1. The number of nitrogens with one attached hydrogen (secondary N) is 1. The van der Waals surface area contributed by atoms with Crippen LogP contribution in [0, 0.1) is 18.2 Å². The molecule has 3 fully saturated rings. The molecule has 13 heteroatoms. The number of rotatable bonds is 10. The van der Waals surface area contributed by atoms with Crippen molar-refractivity contribution in [3.63, 3.8) is 0 Å². The number of alkyl halides is 1. The maximum absolute atomic E-state index is 15.1. The van der Waals surface area contributed by atoms with Crippen molar-refractivity contribution in [3.8, 4) is 35.7 Å². The van der Waals surface area contributed by atoms with Gasteiger partial charge in [-0.1, -0.05) is 31.4 Å². The van der Waals surface area contributed by atoms with Crippen LogP contribution in [-0.2, 0) is 4.79 Å². The summed E-state index contributed by atoms with van der Waals surface area (Å²) in [7, 11) is 1.78. The van der Waals surface area contributed by atoms with Crippen molar-refractivity contribution in [2.45, 2.75) is 107 Å². The molecule has 2 aliphatic carbocycles. The van der Waals surface area contributed by atoms with Crippen LogP contribution in [0.2, 0.25) is 0 Å². The van der Waals surface area contributed by atoms with Crippen molar-refractivity contribution < 1.29 is 38.0 Å². The fourth-order valence-electron chi connectivity index (χ4n) is 9.00. The average Bonchev–Trinajstić information content (AvgIpc) is 3.76. The summed E-state index contributed by atoms with van der Waals surface area (Å²) in [6.45, 7) is 8.19. The number of carbonyl (C=O) groups is 1. The number of terminal acetylenes is 1. The predicted molar refractivity (Wildman–Crippen MR) is 200 cm³/mol. The van der Waals surface area contributed by atoms with E-state index in [0.29, 0.717) is 41.5 Å². The van der Waals surface area contributed by atoms with E-state index in [0.717, 1.165) is 38.5 Å². The number of aliphatic hydroxyl groups is 1. The van der Waals surface area contributed by atoms with Crippen molar-refractivity contribution in [2.24, 2.45) is 0 Å². The molecule has 2 aromatic carbocycles. The zero-order chi connectivity index (χ0) is 38.4. The minimum atomic E-state index is -1.03. The molecule has 1 saturated heterocycles. The molecule has 0 bridgehead atoms. The van der Waals surface area contributed by atoms with E-state index in [9.17, 15) is 19.4 Å². The standard InChI is InChI=1S/C41H49F2N5O6/c1-6-29-31(43)11-10-25-18-28(49)19-30(34(25)29)32-22-52-35-36(44-23-41(14-8-9-15-41)47(5)33(50)7-2)45-38(46-37(35)54-32)53-24-39(3)20-26(42)21-48(39)27-12-16-40(4,51)17-13-27/h1,7,10-11,18-19,26-27,32,49,51H,2,8-9,12-17,20-24H2,3-5H3,(H,44,45,46)/t26-,27?,32?,39+,40?/m1/s1. The van der Waals surface area contributed by atoms with Gasteiger partial charge >= 0.3 is 6.01 Å². The highest BCUT2D eigenvalue weighted by Crippen LogP contribution is 2.45. The van der Waals surface area contributed by atoms with E-state index < -0.39 is 34.8 Å². The highest BCUT2D eigenvalue weighted by Gasteiger charge is 2.48. The number of aromatic hydroxyl groups is 1. The number of amides is 1. The minimum absolute atomic E-state index is 0.0253. The molecule has 3 N–H and O–H groups in total. The highest BCUT2D eigenvalue weighted by molar-refractivity contribution is 5.93. The molecule has 1 amide bonds. The van der Waals surface area contributed by atoms with Crippen LogP contribution in [0.5, 0.6) is 23.4 Å². The molecule has 0 radical (unpaired) electrons. The maximum atomic E-state index is 15.1. The van der Waals surface area contributed by atoms with Crippen LogP contribution in [0.4, 0.5) is 14.6 Å². The lowest BCUT2D eigenvalue weighted by atomic mass is 9.82. The second kappa shape index (κ2) is 14.5. The number of phenolic OH excluding ortho intramolecular Hbond substituents is 1. The van der Waals surface area contributed by atoms with Crippen LogP contribution in [0.15, 0.2) is 36.9 Å². The number of likely N-dealkylation sites (N-methyl/N-ethyl adjacent to an activating group) is 1. The van der Waals surface area contributed by atoms with Gasteiger partial charge in [-0.25, -0.2) is 8.78 Å². The Labute approximate surface area is 314 Å². The molecule has 11 nitrogen and oxygen atoms in total. The van der Waals surface area contributed by atoms with Crippen LogP contribution in [0.1, 0.15) is 88.9 Å². The molecule has 2 aliphatic heterocycles. The van der Waals surface area contributed by atoms with Crippen molar-refractivity contribution >= 4 is 22.5 Å². The zero-order valence-corrected chi connectivity index (χ0v) is 31.2. The average molecular weight is 746 g/mol. The summed E-state index contributed by atoms with van der Waals surface area (Å²) >= 11 is 0. The first-order chi connectivity index (χ1) is 25.7. The Morgan fingerprint density at radius 3 is 2.67 bits per heavy atom. The number of hydrogen-bond donors (Lipinski definition) is 3. The van der Waals surface area contributed by atoms with Gasteiger partial charge in [-0.15, -0.1) is 6.42 Å². The Hall–Kier alpha value is -4.67. The largest absolute Gasteiger partial charge is 0.508 e. The van der Waals surface area contributed by atoms with Crippen LogP contribution in [0.3, 0.4) is 0 Å². The molecular weight excluding hydrogens is 696 g/mol. The summed E-state index contributed by atoms with van der Waals surface area (Å²) in [6, 6.07) is 5.86. The van der Waals surface area contributed by atoms with Gasteiger partial charge in [-0.3, -0.25) is 9.69 Å². The summed E-state index contributed by atoms with van der Waals surface area (Å²) in [5.41, 5.74) is -1.43. The van der Waals surface area contributed by atoms with Crippen LogP contribution < -0.4 is 19.5 Å². The van der Waals surface area contributed by atoms with Gasteiger partial charge in [-0.05, 0) is 82.0 Å². The van der Waals surface area contributed by atoms with Crippen molar-refractivity contribution in [2.75, 3.05) is 38.7 Å². The van der Waals surface area contributed by atoms with E-state index in [2.05, 4.69) is 27.7 Å². The van der Waals surface area contributed by atoms with Crippen LogP contribution >= 0.6 is 0 Å². The minimum Gasteiger partial charge on any atom is -0.508 e. The SMILES string of the molecule is C#Cc1c(F)ccc2cc(O)cc(C3COc4c(NCC5(N(C)C(=O)C=C)CCCC5)nc(OC[C@]5(C)C[C@@H](F)CN5C5CCC(C)(O)CC5)nc4O3)c12. The zero-order valence-electron chi connectivity index (χ0n) is 31.2. The topological polar surface area (TPSA) is 130 Å². The predicted octanol–water partition coefficient (Wildman–Crippen LogP) is 6.21. The van der Waals surface area contributed by atoms with Crippen molar-refractivity contribution in [1.82, 2.24) is 19.8 Å². The number of hydrogen-bond acceptors (Lipinski definition) is 10. The number of carbonyl (C=O) groups excluding carboxylic acids is 1. The number of phenols is 1. The summed E-state index contributed by atoms with van der Waals surface area (Å²) < 4.78 is 49.2. The van der Waals surface area contributed by atoms with Crippen molar-refractivity contribution in [1.29, 1.82) is 0 Å². The van der Waals surface area contributed by atoms with Gasteiger partial charge in [0.25, 0.3) is 5.88 Å². The number of ether oxygens (including phenoxy) is 3. The molecule has 288 valence electrons. The summed E-state index contributed by atoms with van der Waals surface area (Å²) in [5.74, 6) is 2.19. The number of aromatic nitrogens is 2. The first-order valence-electron chi connectivity index (χ1n) is 18.8. The first-order valence-corrected chi connectivity index (χ1v) is 18.8. The molecular formula is C41H49F2N5O6. The Kier molecular flexibility index (Phi) is 10.1. The van der Waals surface area contributed by atoms with E-state index in [1.165, 1.54) is 24.3 Å². The Bertz CT molecular complexity index is 1970. The number of likely N-dealkylation sites (tertiary alicyclic amines) is 1. The van der Waals surface area contributed by atoms with E-state index >= 15 is 4.39 Å². The van der Waals surface area contributed by atoms with Crippen LogP contribution in [0.25, 0.3) is 10.8 Å². The quantitative estimate of drug-likeness (QED) is 0.163. The third-order valence-corrected chi connectivity index (χ3v) is 12.1. The molecule has 4 aliphatic rings. The van der Waals surface area contributed by atoms with Gasteiger partial charge in [0.2, 0.25) is 11.7 Å². The smallest absolute Gasteiger partial charge is 0.322 e. The summed E-state index contributed by atoms with van der Waals surface area (Å²) in [5, 5.41) is 25.6. The van der Waals surface area contributed by atoms with Gasteiger partial charge < -0.3 is 34.6 Å². The number of halogens is 2. The van der Waals surface area contributed by atoms with E-state index in [1.807, 2.05) is 13.8 Å². The molecule has 1 aromatic heterocycles. The monoisotopic (exact) mass is 745 g/mol. The molecule has 2 saturated carbocycles. The Morgan fingerprint density at radius 1 is 1.22 bits per heavy atom. The third kappa shape index (κ3) is 7.13. The number of benzene rings is 2. The van der Waals surface area contributed by atoms with E-state index in [1.54, 1.807) is 18.0 Å². The lowest BCUT2D eigenvalue weighted by molar-refractivity contribution is -0.129. The molecule has 3 atom stereocenters. The van der Waals surface area contributed by atoms with Gasteiger partial charge in [-0.2, -0.15) is 9.97 Å². The summed E-state index contributed by atoms with van der Waals surface area (Å²) in [6.07, 6.45) is 11.7. The van der Waals surface area contributed by atoms with Gasteiger partial charge in [0, 0.05) is 43.5 Å². The van der Waals surface area contributed by atoms with E-state index in [4.69, 9.17) is 25.6 Å². The van der Waals surface area contributed by atoms with Crippen LogP contribution in [-0.4, -0.2) is 98.1 Å². The molecule has 54 heavy (non-hydrogen) atoms. The number of nitrogens with zero attached hydrogens (tertiary/aromatic N) is 4. The second-order valence-corrected chi connectivity index (χ2v) is 16.0. The molecule has 3 aromatic rings. The number of fused-ring (bicyclic) bond motifs is 2. The third-order valence-electron chi connectivity index (χ3n) is 12.1. The van der Waals surface area contributed by atoms with Gasteiger partial charge in [0.15, 0.2) is 11.9 Å². The Morgan fingerprint density at radius 2 is 1.96 bits per heavy atom. The number of anilines is 1. The van der Waals surface area contributed by atoms with Gasteiger partial charge in [0.05, 0.1) is 22.2 Å². The van der Waals surface area contributed by atoms with Crippen molar-refractivity contribution in [3.05, 3.63) is 53.9 Å². The fraction of sp³-hybridized carbons (Fsp3) is 0.537. The maximum Gasteiger partial charge on any atom is 0.322 e. The Balaban J connectivity index is 1.22. The van der Waals surface area contributed by atoms with E-state index in [-0.39, 0.29) is 67.1 Å². The molecule has 7 rings (SSSR count). The first kappa shape index (κ1) is 37.6. The summed E-state index contributed by atoms with van der Waals surface area (Å²) in [4.78, 5) is 26.1. The normalized spacial score (nSPS) is 27.7. The van der Waals surface area contributed by atoms with Gasteiger partial charge in [0.1, 0.15) is 31.0 Å². The molecule has 1 unspecified atom stereocenters. The second-order valence-electron chi connectivity index (χ2n) is 16.0. The molecule has 3 heterocycles. The lowest BCUT2D eigenvalue weighted by Crippen LogP contribution is -2.53. The fourth-order valence-corrected chi connectivity index (χ4v) is 9.00.